The lowest BCUT2D eigenvalue weighted by Gasteiger charge is -2.26. The Balaban J connectivity index is 1.58. The summed E-state index contributed by atoms with van der Waals surface area (Å²) < 4.78 is 5.66. The second-order valence-electron chi connectivity index (χ2n) is 6.94. The zero-order chi connectivity index (χ0) is 18.2. The Morgan fingerprint density at radius 1 is 1.19 bits per heavy atom. The second kappa shape index (κ2) is 9.62. The van der Waals surface area contributed by atoms with Gasteiger partial charge in [0.25, 0.3) is 0 Å². The van der Waals surface area contributed by atoms with Crippen LogP contribution in [-0.2, 0) is 4.79 Å². The number of hydrogen-bond acceptors (Lipinski definition) is 4. The number of guanidine groups is 1. The third kappa shape index (κ3) is 5.00. The molecule has 7 nitrogen and oxygen atoms in total. The van der Waals surface area contributed by atoms with Crippen LogP contribution in [0.3, 0.4) is 0 Å². The van der Waals surface area contributed by atoms with Gasteiger partial charge >= 0.3 is 0 Å². The molecule has 2 aliphatic rings. The van der Waals surface area contributed by atoms with Gasteiger partial charge in [0.15, 0.2) is 5.96 Å². The molecule has 2 saturated heterocycles. The summed E-state index contributed by atoms with van der Waals surface area (Å²) in [5, 5.41) is 6.64. The van der Waals surface area contributed by atoms with E-state index in [1.165, 1.54) is 12.8 Å². The third-order valence-corrected chi connectivity index (χ3v) is 5.09. The molecule has 0 bridgehead atoms. The van der Waals surface area contributed by atoms with Crippen LogP contribution in [-0.4, -0.2) is 67.5 Å². The zero-order valence-electron chi connectivity index (χ0n) is 15.7. The van der Waals surface area contributed by atoms with Crippen molar-refractivity contribution in [2.24, 2.45) is 4.99 Å². The molecule has 1 atom stereocenters. The molecule has 2 fully saturated rings. The molecule has 0 aromatic carbocycles. The molecule has 0 spiro atoms. The standard InChI is InChI=1S/C19H31N5O2/c1-2-20-19(22-15-18(25)24-11-5-6-12-24)21-14-16(17-8-7-13-26-17)23-9-3-4-10-23/h7-8,13,16H,2-6,9-12,14-15H2,1H3,(H2,20,21,22). The first-order valence-electron chi connectivity index (χ1n) is 9.85. The van der Waals surface area contributed by atoms with Crippen molar-refractivity contribution in [1.29, 1.82) is 0 Å². The van der Waals surface area contributed by atoms with Crippen molar-refractivity contribution in [3.8, 4) is 0 Å². The number of likely N-dealkylation sites (tertiary alicyclic amines) is 2. The fourth-order valence-electron chi connectivity index (χ4n) is 3.69. The fourth-order valence-corrected chi connectivity index (χ4v) is 3.69. The lowest BCUT2D eigenvalue weighted by molar-refractivity contribution is -0.128. The van der Waals surface area contributed by atoms with E-state index in [-0.39, 0.29) is 18.5 Å². The molecule has 7 heteroatoms. The van der Waals surface area contributed by atoms with Gasteiger partial charge in [0.05, 0.1) is 12.3 Å². The van der Waals surface area contributed by atoms with Crippen molar-refractivity contribution in [1.82, 2.24) is 20.4 Å². The van der Waals surface area contributed by atoms with Crippen LogP contribution in [0.5, 0.6) is 0 Å². The molecular weight excluding hydrogens is 330 g/mol. The molecule has 0 aliphatic carbocycles. The average Bonchev–Trinajstić information content (AvgIpc) is 3.43. The van der Waals surface area contributed by atoms with E-state index in [0.717, 1.165) is 51.3 Å². The molecule has 1 amide bonds. The van der Waals surface area contributed by atoms with Crippen molar-refractivity contribution in [2.45, 2.75) is 38.6 Å². The molecule has 2 aliphatic heterocycles. The van der Waals surface area contributed by atoms with Crippen LogP contribution >= 0.6 is 0 Å². The van der Waals surface area contributed by atoms with Gasteiger partial charge in [-0.05, 0) is 57.8 Å². The van der Waals surface area contributed by atoms with E-state index >= 15 is 0 Å². The minimum atomic E-state index is 0.113. The zero-order valence-corrected chi connectivity index (χ0v) is 15.7. The highest BCUT2D eigenvalue weighted by molar-refractivity contribution is 5.85. The quantitative estimate of drug-likeness (QED) is 0.570. The minimum absolute atomic E-state index is 0.113. The van der Waals surface area contributed by atoms with E-state index < -0.39 is 0 Å². The summed E-state index contributed by atoms with van der Waals surface area (Å²) in [4.78, 5) is 21.1. The molecule has 3 heterocycles. The first-order chi connectivity index (χ1) is 12.8. The van der Waals surface area contributed by atoms with E-state index in [1.54, 1.807) is 6.26 Å². The van der Waals surface area contributed by atoms with E-state index in [4.69, 9.17) is 4.42 Å². The second-order valence-corrected chi connectivity index (χ2v) is 6.94. The normalized spacial score (nSPS) is 19.7. The topological polar surface area (TPSA) is 73.1 Å². The summed E-state index contributed by atoms with van der Waals surface area (Å²) in [7, 11) is 0. The molecule has 144 valence electrons. The highest BCUT2D eigenvalue weighted by atomic mass is 16.3. The average molecular weight is 361 g/mol. The van der Waals surface area contributed by atoms with Gasteiger partial charge in [-0.25, -0.2) is 4.99 Å². The van der Waals surface area contributed by atoms with Gasteiger partial charge in [-0.2, -0.15) is 0 Å². The molecule has 1 aromatic rings. The first kappa shape index (κ1) is 18.8. The van der Waals surface area contributed by atoms with Crippen LogP contribution in [0, 0.1) is 0 Å². The molecule has 0 radical (unpaired) electrons. The van der Waals surface area contributed by atoms with Crippen LogP contribution in [0.4, 0.5) is 0 Å². The van der Waals surface area contributed by atoms with E-state index in [0.29, 0.717) is 12.5 Å². The number of carbonyl (C=O) groups excluding carboxylic acids is 1. The predicted molar refractivity (Wildman–Crippen MR) is 102 cm³/mol. The fraction of sp³-hybridized carbons (Fsp3) is 0.684. The molecule has 3 rings (SSSR count). The predicted octanol–water partition coefficient (Wildman–Crippen LogP) is 1.59. The van der Waals surface area contributed by atoms with Gasteiger partial charge in [0, 0.05) is 26.2 Å². The molecule has 0 saturated carbocycles. The maximum Gasteiger partial charge on any atom is 0.244 e. The van der Waals surface area contributed by atoms with Crippen molar-refractivity contribution in [3.63, 3.8) is 0 Å². The van der Waals surface area contributed by atoms with Crippen LogP contribution in [0.25, 0.3) is 0 Å². The van der Waals surface area contributed by atoms with E-state index in [1.807, 2.05) is 24.0 Å². The number of amides is 1. The van der Waals surface area contributed by atoms with Crippen molar-refractivity contribution < 1.29 is 9.21 Å². The lowest BCUT2D eigenvalue weighted by Crippen LogP contribution is -2.43. The molecule has 26 heavy (non-hydrogen) atoms. The van der Waals surface area contributed by atoms with Gasteiger partial charge < -0.3 is 20.0 Å². The summed E-state index contributed by atoms with van der Waals surface area (Å²) >= 11 is 0. The largest absolute Gasteiger partial charge is 0.468 e. The van der Waals surface area contributed by atoms with Crippen molar-refractivity contribution in [2.75, 3.05) is 45.8 Å². The molecule has 1 unspecified atom stereocenters. The summed E-state index contributed by atoms with van der Waals surface area (Å²) in [6, 6.07) is 4.16. The Bertz CT molecular complexity index is 575. The first-order valence-corrected chi connectivity index (χ1v) is 9.85. The number of carbonyl (C=O) groups is 1. The highest BCUT2D eigenvalue weighted by Gasteiger charge is 2.25. The Hall–Kier alpha value is -2.02. The SMILES string of the molecule is CCNC(=NCC(=O)N1CCCC1)NCC(c1ccco1)N1CCCC1. The smallest absolute Gasteiger partial charge is 0.244 e. The van der Waals surface area contributed by atoms with Gasteiger partial charge in [-0.15, -0.1) is 0 Å². The number of hydrogen-bond donors (Lipinski definition) is 2. The van der Waals surface area contributed by atoms with Crippen molar-refractivity contribution in [3.05, 3.63) is 24.2 Å². The maximum atomic E-state index is 12.2. The number of aliphatic imine (C=N–C) groups is 1. The Morgan fingerprint density at radius 2 is 1.92 bits per heavy atom. The van der Waals surface area contributed by atoms with Gasteiger partial charge in [-0.3, -0.25) is 9.69 Å². The van der Waals surface area contributed by atoms with E-state index in [2.05, 4.69) is 20.5 Å². The maximum absolute atomic E-state index is 12.2. The Labute approximate surface area is 155 Å². The summed E-state index contributed by atoms with van der Waals surface area (Å²) in [5.74, 6) is 1.78. The van der Waals surface area contributed by atoms with Crippen LogP contribution in [0.2, 0.25) is 0 Å². The molecule has 2 N–H and O–H groups in total. The number of nitrogens with zero attached hydrogens (tertiary/aromatic N) is 3. The monoisotopic (exact) mass is 361 g/mol. The molecular formula is C19H31N5O2. The number of nitrogens with one attached hydrogen (secondary N) is 2. The van der Waals surface area contributed by atoms with Crippen LogP contribution in [0.15, 0.2) is 27.8 Å². The summed E-state index contributed by atoms with van der Waals surface area (Å²) in [6.07, 6.45) is 6.40. The van der Waals surface area contributed by atoms with Gasteiger partial charge in [-0.1, -0.05) is 0 Å². The van der Waals surface area contributed by atoms with Crippen molar-refractivity contribution >= 4 is 11.9 Å². The summed E-state index contributed by atoms with van der Waals surface area (Å²) in [6.45, 7) is 7.62. The third-order valence-electron chi connectivity index (χ3n) is 5.09. The molecule has 1 aromatic heterocycles. The van der Waals surface area contributed by atoms with Crippen LogP contribution in [0.1, 0.15) is 44.4 Å². The highest BCUT2D eigenvalue weighted by Crippen LogP contribution is 2.24. The van der Waals surface area contributed by atoms with Gasteiger partial charge in [0.1, 0.15) is 12.3 Å². The Morgan fingerprint density at radius 3 is 2.58 bits per heavy atom. The number of rotatable bonds is 7. The van der Waals surface area contributed by atoms with Crippen LogP contribution < -0.4 is 10.6 Å². The Kier molecular flexibility index (Phi) is 6.94. The van der Waals surface area contributed by atoms with Gasteiger partial charge in [0.2, 0.25) is 5.91 Å². The minimum Gasteiger partial charge on any atom is -0.468 e. The number of furan rings is 1. The van der Waals surface area contributed by atoms with E-state index in [9.17, 15) is 4.79 Å². The summed E-state index contributed by atoms with van der Waals surface area (Å²) in [5.41, 5.74) is 0. The lowest BCUT2D eigenvalue weighted by atomic mass is 10.2.